The predicted molar refractivity (Wildman–Crippen MR) is 65.7 cm³/mol. The molecule has 0 nitrogen and oxygen atoms in total. The Morgan fingerprint density at radius 3 is 2.28 bits per heavy atom. The van der Waals surface area contributed by atoms with Gasteiger partial charge in [-0.15, -0.1) is 0 Å². The van der Waals surface area contributed by atoms with Gasteiger partial charge in [-0.3, -0.25) is 0 Å². The van der Waals surface area contributed by atoms with Gasteiger partial charge in [0.25, 0.3) is 0 Å². The Balaban J connectivity index is 2.69. The van der Waals surface area contributed by atoms with Crippen LogP contribution in [0.15, 0.2) is 36.4 Å². The van der Waals surface area contributed by atoms with E-state index in [1.807, 2.05) is 0 Å². The molecule has 0 bridgehead atoms. The molecule has 0 atom stereocenters. The Kier molecular flexibility index (Phi) is 3.55. The summed E-state index contributed by atoms with van der Waals surface area (Å²) in [5.74, 6) is 0. The van der Waals surface area contributed by atoms with E-state index in [4.69, 9.17) is 23.2 Å². The summed E-state index contributed by atoms with van der Waals surface area (Å²) < 4.78 is 38.6. The minimum atomic E-state index is -4.44. The Hall–Kier alpha value is -1.19. The van der Waals surface area contributed by atoms with Gasteiger partial charge in [-0.25, -0.2) is 0 Å². The fourth-order valence-electron chi connectivity index (χ4n) is 1.63. The van der Waals surface area contributed by atoms with Crippen molar-refractivity contribution in [2.45, 2.75) is 6.18 Å². The van der Waals surface area contributed by atoms with E-state index in [9.17, 15) is 13.2 Å². The lowest BCUT2D eigenvalue weighted by atomic mass is 9.99. The van der Waals surface area contributed by atoms with Gasteiger partial charge in [0, 0.05) is 11.6 Å². The van der Waals surface area contributed by atoms with E-state index < -0.39 is 11.7 Å². The highest BCUT2D eigenvalue weighted by Crippen LogP contribution is 2.40. The maximum Gasteiger partial charge on any atom is 0.417 e. The van der Waals surface area contributed by atoms with E-state index in [0.29, 0.717) is 0 Å². The minimum absolute atomic E-state index is 0.00546. The summed E-state index contributed by atoms with van der Waals surface area (Å²) in [6.45, 7) is 0. The third-order valence-electron chi connectivity index (χ3n) is 2.41. The molecule has 93 valence electrons. The highest BCUT2D eigenvalue weighted by Gasteiger charge is 2.33. The lowest BCUT2D eigenvalue weighted by Gasteiger charge is -2.14. The van der Waals surface area contributed by atoms with Crippen LogP contribution in [0.4, 0.5) is 13.2 Å². The fraction of sp³-hybridized carbons (Fsp3) is 0.0769. The number of hydrogen-bond donors (Lipinski definition) is 0. The Labute approximate surface area is 112 Å². The first-order valence-electron chi connectivity index (χ1n) is 4.93. The predicted octanol–water partition coefficient (Wildman–Crippen LogP) is 5.48. The van der Waals surface area contributed by atoms with Crippen LogP contribution in [-0.2, 0) is 6.18 Å². The molecular formula is C13H6Cl2F3. The van der Waals surface area contributed by atoms with Gasteiger partial charge in [-0.2, -0.15) is 13.2 Å². The molecule has 0 aliphatic heterocycles. The number of benzene rings is 2. The molecule has 0 fully saturated rings. The molecule has 0 saturated carbocycles. The van der Waals surface area contributed by atoms with E-state index in [-0.39, 0.29) is 21.2 Å². The van der Waals surface area contributed by atoms with E-state index in [2.05, 4.69) is 6.07 Å². The summed E-state index contributed by atoms with van der Waals surface area (Å²) in [5, 5.41) is 0.169. The van der Waals surface area contributed by atoms with Crippen LogP contribution in [-0.4, -0.2) is 0 Å². The zero-order valence-corrected chi connectivity index (χ0v) is 10.4. The molecule has 2 aromatic rings. The average molecular weight is 290 g/mol. The van der Waals surface area contributed by atoms with Gasteiger partial charge < -0.3 is 0 Å². The summed E-state index contributed by atoms with van der Waals surface area (Å²) in [6, 6.07) is 10.7. The van der Waals surface area contributed by atoms with E-state index >= 15 is 0 Å². The maximum absolute atomic E-state index is 12.9. The van der Waals surface area contributed by atoms with Crippen LogP contribution in [0.1, 0.15) is 5.56 Å². The quantitative estimate of drug-likeness (QED) is 0.652. The van der Waals surface area contributed by atoms with Gasteiger partial charge >= 0.3 is 6.18 Å². The second-order valence-corrected chi connectivity index (χ2v) is 4.32. The maximum atomic E-state index is 12.9. The van der Waals surface area contributed by atoms with Gasteiger partial charge in [0.15, 0.2) is 0 Å². The van der Waals surface area contributed by atoms with Gasteiger partial charge in [-0.1, -0.05) is 53.5 Å². The van der Waals surface area contributed by atoms with Crippen LogP contribution in [0.25, 0.3) is 11.1 Å². The summed E-state index contributed by atoms with van der Waals surface area (Å²) in [4.78, 5) is 0. The molecule has 0 N–H and O–H groups in total. The number of hydrogen-bond acceptors (Lipinski definition) is 0. The molecule has 0 aliphatic rings. The van der Waals surface area contributed by atoms with Crippen molar-refractivity contribution in [1.29, 1.82) is 0 Å². The summed E-state index contributed by atoms with van der Waals surface area (Å²) in [7, 11) is 0. The SMILES string of the molecule is FC(F)(F)c1ccccc1-c1cc[c]c(Cl)c1Cl. The number of halogens is 5. The molecular weight excluding hydrogens is 284 g/mol. The smallest absolute Gasteiger partial charge is 0.166 e. The van der Waals surface area contributed by atoms with Crippen LogP contribution in [0.3, 0.4) is 0 Å². The van der Waals surface area contributed by atoms with Crippen molar-refractivity contribution in [3.63, 3.8) is 0 Å². The third-order valence-corrected chi connectivity index (χ3v) is 3.20. The molecule has 0 unspecified atom stereocenters. The molecule has 0 spiro atoms. The van der Waals surface area contributed by atoms with Gasteiger partial charge in [0.05, 0.1) is 15.6 Å². The molecule has 0 aliphatic carbocycles. The third kappa shape index (κ3) is 2.47. The second kappa shape index (κ2) is 4.82. The summed E-state index contributed by atoms with van der Waals surface area (Å²) in [5.41, 5.74) is -0.492. The molecule has 1 radical (unpaired) electrons. The first-order chi connectivity index (χ1) is 8.41. The highest BCUT2D eigenvalue weighted by molar-refractivity contribution is 6.43. The van der Waals surface area contributed by atoms with Crippen molar-refractivity contribution >= 4 is 23.2 Å². The molecule has 18 heavy (non-hydrogen) atoms. The molecule has 0 saturated heterocycles. The van der Waals surface area contributed by atoms with Crippen molar-refractivity contribution in [2.75, 3.05) is 0 Å². The van der Waals surface area contributed by atoms with Crippen LogP contribution in [0.2, 0.25) is 10.0 Å². The van der Waals surface area contributed by atoms with Crippen molar-refractivity contribution in [1.82, 2.24) is 0 Å². The van der Waals surface area contributed by atoms with Crippen LogP contribution >= 0.6 is 23.2 Å². The minimum Gasteiger partial charge on any atom is -0.166 e. The average Bonchev–Trinajstić information content (AvgIpc) is 2.32. The van der Waals surface area contributed by atoms with Crippen molar-refractivity contribution in [3.05, 3.63) is 58.1 Å². The summed E-state index contributed by atoms with van der Waals surface area (Å²) >= 11 is 11.7. The van der Waals surface area contributed by atoms with Crippen molar-refractivity contribution in [3.8, 4) is 11.1 Å². The Morgan fingerprint density at radius 1 is 0.944 bits per heavy atom. The fourth-order valence-corrected chi connectivity index (χ4v) is 2.01. The van der Waals surface area contributed by atoms with E-state index in [0.717, 1.165) is 6.07 Å². The Morgan fingerprint density at radius 2 is 1.61 bits per heavy atom. The highest BCUT2D eigenvalue weighted by atomic mass is 35.5. The molecule has 2 rings (SSSR count). The summed E-state index contributed by atoms with van der Waals surface area (Å²) in [6.07, 6.45) is -4.44. The molecule has 0 heterocycles. The van der Waals surface area contributed by atoms with Crippen LogP contribution in [0, 0.1) is 6.07 Å². The Bertz CT molecular complexity index is 577. The van der Waals surface area contributed by atoms with Gasteiger partial charge in [0.1, 0.15) is 0 Å². The molecule has 0 amide bonds. The monoisotopic (exact) mass is 289 g/mol. The normalized spacial score (nSPS) is 11.6. The molecule has 5 heteroatoms. The zero-order valence-electron chi connectivity index (χ0n) is 8.85. The zero-order chi connectivity index (χ0) is 13.3. The van der Waals surface area contributed by atoms with E-state index in [1.165, 1.54) is 30.3 Å². The first-order valence-corrected chi connectivity index (χ1v) is 5.69. The molecule has 0 aromatic heterocycles. The first kappa shape index (κ1) is 13.2. The van der Waals surface area contributed by atoms with Crippen LogP contribution < -0.4 is 0 Å². The lowest BCUT2D eigenvalue weighted by molar-refractivity contribution is -0.137. The molecule has 2 aromatic carbocycles. The van der Waals surface area contributed by atoms with Gasteiger partial charge in [0.2, 0.25) is 0 Å². The van der Waals surface area contributed by atoms with Crippen molar-refractivity contribution < 1.29 is 13.2 Å². The lowest BCUT2D eigenvalue weighted by Crippen LogP contribution is -2.06. The van der Waals surface area contributed by atoms with Crippen molar-refractivity contribution in [2.24, 2.45) is 0 Å². The number of rotatable bonds is 1. The number of alkyl halides is 3. The van der Waals surface area contributed by atoms with E-state index in [1.54, 1.807) is 0 Å². The second-order valence-electron chi connectivity index (χ2n) is 3.56. The van der Waals surface area contributed by atoms with Gasteiger partial charge in [-0.05, 0) is 11.6 Å². The standard InChI is InChI=1S/C13H6Cl2F3/c14-11-7-3-5-9(12(11)15)8-4-1-2-6-10(8)13(16,17)18/h1-6H. The topological polar surface area (TPSA) is 0 Å². The largest absolute Gasteiger partial charge is 0.417 e. The van der Waals surface area contributed by atoms with Crippen LogP contribution in [0.5, 0.6) is 0 Å².